The van der Waals surface area contributed by atoms with Crippen molar-refractivity contribution >= 4 is 22.9 Å². The van der Waals surface area contributed by atoms with E-state index >= 15 is 0 Å². The average Bonchev–Trinajstić information content (AvgIpc) is 3.69. The van der Waals surface area contributed by atoms with Crippen LogP contribution in [0.25, 0.3) is 28.0 Å². The Bertz CT molecular complexity index is 1780. The van der Waals surface area contributed by atoms with Gasteiger partial charge in [0.15, 0.2) is 11.5 Å². The van der Waals surface area contributed by atoms with Crippen LogP contribution in [-0.2, 0) is 16.6 Å². The Balaban J connectivity index is 1.30. The molecule has 0 aliphatic carbocycles. The van der Waals surface area contributed by atoms with E-state index in [1.165, 1.54) is 6.20 Å². The first-order chi connectivity index (χ1) is 20.8. The predicted octanol–water partition coefficient (Wildman–Crippen LogP) is 3.93. The maximum absolute atomic E-state index is 14.0. The summed E-state index contributed by atoms with van der Waals surface area (Å²) >= 11 is 0. The topological polar surface area (TPSA) is 124 Å². The van der Waals surface area contributed by atoms with Crippen molar-refractivity contribution in [3.05, 3.63) is 83.9 Å². The Kier molecular flexibility index (Phi) is 7.80. The van der Waals surface area contributed by atoms with Gasteiger partial charge in [-0.25, -0.2) is 23.8 Å². The van der Waals surface area contributed by atoms with Crippen LogP contribution >= 0.6 is 0 Å². The zero-order valence-electron chi connectivity index (χ0n) is 23.7. The number of hydrogen-bond acceptors (Lipinski definition) is 8. The van der Waals surface area contributed by atoms with E-state index in [9.17, 15) is 13.6 Å². The van der Waals surface area contributed by atoms with Crippen molar-refractivity contribution in [2.45, 2.75) is 19.1 Å². The van der Waals surface area contributed by atoms with Gasteiger partial charge in [-0.3, -0.25) is 14.8 Å². The fourth-order valence-corrected chi connectivity index (χ4v) is 5.09. The largest absolute Gasteiger partial charge is 0.383 e. The number of nitrogens with zero attached hydrogens (tertiary/aromatic N) is 7. The molecule has 1 aromatic carbocycles. The van der Waals surface area contributed by atoms with Crippen molar-refractivity contribution in [3.8, 4) is 16.9 Å². The molecule has 43 heavy (non-hydrogen) atoms. The van der Waals surface area contributed by atoms with Crippen LogP contribution in [0.4, 0.5) is 19.4 Å². The number of aryl methyl sites for hydroxylation is 1. The van der Waals surface area contributed by atoms with Crippen molar-refractivity contribution in [2.75, 3.05) is 32.1 Å². The van der Waals surface area contributed by atoms with Crippen molar-refractivity contribution in [1.82, 2.24) is 39.9 Å². The molecule has 2 N–H and O–H groups in total. The van der Waals surface area contributed by atoms with Crippen LogP contribution < -0.4 is 10.6 Å². The molecule has 4 aromatic heterocycles. The van der Waals surface area contributed by atoms with Gasteiger partial charge < -0.3 is 10.1 Å². The number of para-hydroxylation sites is 1. The van der Waals surface area contributed by atoms with E-state index in [1.807, 2.05) is 50.4 Å². The highest BCUT2D eigenvalue weighted by atomic mass is 19.2. The number of hydrogen-bond donors (Lipinski definition) is 2. The van der Waals surface area contributed by atoms with E-state index in [2.05, 4.69) is 25.7 Å². The Morgan fingerprint density at radius 1 is 1.14 bits per heavy atom. The van der Waals surface area contributed by atoms with Crippen molar-refractivity contribution in [2.24, 2.45) is 7.05 Å². The van der Waals surface area contributed by atoms with Crippen LogP contribution in [0.5, 0.6) is 0 Å². The Hall–Kier alpha value is -4.79. The van der Waals surface area contributed by atoms with E-state index in [0.717, 1.165) is 33.9 Å². The van der Waals surface area contributed by atoms with Gasteiger partial charge in [-0.15, -0.1) is 0 Å². The number of carbonyl (C=O) groups is 1. The molecular formula is C29H29F2N9O3. The molecule has 12 nitrogen and oxygen atoms in total. The quantitative estimate of drug-likeness (QED) is 0.261. The summed E-state index contributed by atoms with van der Waals surface area (Å²) in [5, 5.41) is 17.5. The summed E-state index contributed by atoms with van der Waals surface area (Å²) in [5.41, 5.74) is 3.89. The normalized spacial score (nSPS) is 17.0. The number of carbonyl (C=O) groups excluding carboxylic acids is 1. The van der Waals surface area contributed by atoms with E-state index in [0.29, 0.717) is 24.7 Å². The number of urea groups is 1. The molecule has 1 fully saturated rings. The van der Waals surface area contributed by atoms with Crippen molar-refractivity contribution < 1.29 is 23.1 Å². The summed E-state index contributed by atoms with van der Waals surface area (Å²) in [6, 6.07) is 11.2. The summed E-state index contributed by atoms with van der Waals surface area (Å²) in [6.07, 6.45) is 3.85. The van der Waals surface area contributed by atoms with Gasteiger partial charge in [0.05, 0.1) is 30.2 Å². The number of hydroxylamine groups is 2. The van der Waals surface area contributed by atoms with Gasteiger partial charge in [0.2, 0.25) is 5.95 Å². The molecule has 5 aromatic rings. The van der Waals surface area contributed by atoms with Crippen LogP contribution in [0.1, 0.15) is 17.2 Å². The first-order valence-electron chi connectivity index (χ1n) is 13.5. The van der Waals surface area contributed by atoms with Crippen LogP contribution in [-0.4, -0.2) is 73.5 Å². The number of nitrogens with one attached hydrogen (secondary N) is 2. The second kappa shape index (κ2) is 11.8. The molecule has 1 aliphatic heterocycles. The first kappa shape index (κ1) is 28.3. The number of aromatic nitrogens is 6. The molecule has 222 valence electrons. The average molecular weight is 590 g/mol. The van der Waals surface area contributed by atoms with Crippen LogP contribution in [0.2, 0.25) is 0 Å². The summed E-state index contributed by atoms with van der Waals surface area (Å²) in [5.74, 6) is -1.86. The van der Waals surface area contributed by atoms with E-state index < -0.39 is 29.9 Å². The predicted molar refractivity (Wildman–Crippen MR) is 153 cm³/mol. The molecule has 14 heteroatoms. The molecule has 1 saturated heterocycles. The van der Waals surface area contributed by atoms with Crippen molar-refractivity contribution in [3.63, 3.8) is 0 Å². The van der Waals surface area contributed by atoms with E-state index in [4.69, 9.17) is 14.7 Å². The maximum atomic E-state index is 14.0. The molecule has 5 heterocycles. The monoisotopic (exact) mass is 589 g/mol. The maximum Gasteiger partial charge on any atom is 0.320 e. The van der Waals surface area contributed by atoms with Gasteiger partial charge in [0.25, 0.3) is 0 Å². The summed E-state index contributed by atoms with van der Waals surface area (Å²) in [6.45, 7) is 2.92. The second-order valence-electron chi connectivity index (χ2n) is 10.1. The number of pyridine rings is 2. The fourth-order valence-electron chi connectivity index (χ4n) is 5.09. The third-order valence-electron chi connectivity index (χ3n) is 7.24. The standard InChI is InChI=1S/C29H29F2N9O3/c1-17-24(18-11-20-15-34-38(2)28(20)33-13-18)37-40(21-7-5-4-6-8-21)27(17)36-29(41)35-23-16-39(9-10-42-3)43-25(23)19-12-22(30)26(31)32-14-19/h4-8,11-15,23,25H,9-10,16H2,1-3H3,(H2,35,36,41)/t23-,25+/m1/s1. The Morgan fingerprint density at radius 2 is 1.95 bits per heavy atom. The van der Waals surface area contributed by atoms with Gasteiger partial charge in [0.1, 0.15) is 11.9 Å². The number of anilines is 1. The Labute approximate surface area is 245 Å². The highest BCUT2D eigenvalue weighted by Gasteiger charge is 2.37. The van der Waals surface area contributed by atoms with Crippen LogP contribution in [0.15, 0.2) is 61.1 Å². The molecular weight excluding hydrogens is 560 g/mol. The summed E-state index contributed by atoms with van der Waals surface area (Å²) in [7, 11) is 3.39. The number of fused-ring (bicyclic) bond motifs is 1. The molecule has 0 radical (unpaired) electrons. The number of methoxy groups -OCH3 is 1. The van der Waals surface area contributed by atoms with Gasteiger partial charge in [-0.05, 0) is 31.2 Å². The van der Waals surface area contributed by atoms with Crippen LogP contribution in [0.3, 0.4) is 0 Å². The molecule has 0 bridgehead atoms. The molecule has 1 aliphatic rings. The number of amides is 2. The van der Waals surface area contributed by atoms with Gasteiger partial charge in [-0.1, -0.05) is 18.2 Å². The highest BCUT2D eigenvalue weighted by molar-refractivity contribution is 5.91. The number of halogens is 2. The molecule has 2 amide bonds. The molecule has 0 spiro atoms. The lowest BCUT2D eigenvalue weighted by Gasteiger charge is -2.19. The van der Waals surface area contributed by atoms with Crippen molar-refractivity contribution in [1.29, 1.82) is 0 Å². The summed E-state index contributed by atoms with van der Waals surface area (Å²) < 4.78 is 36.1. The minimum Gasteiger partial charge on any atom is -0.383 e. The highest BCUT2D eigenvalue weighted by Crippen LogP contribution is 2.33. The number of rotatable bonds is 8. The third kappa shape index (κ3) is 5.67. The lowest BCUT2D eigenvalue weighted by atomic mass is 10.0. The fraction of sp³-hybridized carbons (Fsp3) is 0.276. The van der Waals surface area contributed by atoms with Crippen LogP contribution in [0, 0.1) is 18.7 Å². The zero-order valence-corrected chi connectivity index (χ0v) is 23.7. The molecule has 2 atom stereocenters. The van der Waals surface area contributed by atoms with E-state index in [1.54, 1.807) is 33.9 Å². The lowest BCUT2D eigenvalue weighted by molar-refractivity contribution is -0.154. The van der Waals surface area contributed by atoms with Gasteiger partial charge in [0, 0.05) is 61.7 Å². The minimum absolute atomic E-state index is 0.277. The second-order valence-corrected chi connectivity index (χ2v) is 10.1. The Morgan fingerprint density at radius 3 is 2.72 bits per heavy atom. The van der Waals surface area contributed by atoms with Gasteiger partial charge in [-0.2, -0.15) is 19.7 Å². The SMILES string of the molecule is COCCN1C[C@@H](NC(=O)Nc2c(C)c(-c3cnc4c(cnn4C)c3)nn2-c2ccccc2)[C@H](c2cnc(F)c(F)c2)O1. The first-order valence-corrected chi connectivity index (χ1v) is 13.5. The zero-order chi connectivity index (χ0) is 30.1. The molecule has 0 unspecified atom stereocenters. The lowest BCUT2D eigenvalue weighted by Crippen LogP contribution is -2.42. The third-order valence-corrected chi connectivity index (χ3v) is 7.24. The van der Waals surface area contributed by atoms with E-state index in [-0.39, 0.29) is 12.1 Å². The number of ether oxygens (including phenoxy) is 1. The molecule has 6 rings (SSSR count). The number of benzene rings is 1. The van der Waals surface area contributed by atoms with Gasteiger partial charge >= 0.3 is 6.03 Å². The molecule has 0 saturated carbocycles. The minimum atomic E-state index is -1.21. The smallest absolute Gasteiger partial charge is 0.320 e. The summed E-state index contributed by atoms with van der Waals surface area (Å²) in [4.78, 5) is 27.5.